The first-order chi connectivity index (χ1) is 9.90. The quantitative estimate of drug-likeness (QED) is 0.622. The zero-order valence-electron chi connectivity index (χ0n) is 12.4. The molecule has 0 atom stereocenters. The van der Waals surface area contributed by atoms with Crippen molar-refractivity contribution in [2.24, 2.45) is 5.92 Å². The molecule has 0 aromatic heterocycles. The Balaban J connectivity index is 1.76. The lowest BCUT2D eigenvalue weighted by Crippen LogP contribution is -2.52. The van der Waals surface area contributed by atoms with Gasteiger partial charge >= 0.3 is 0 Å². The Morgan fingerprint density at radius 1 is 1.10 bits per heavy atom. The van der Waals surface area contributed by atoms with Crippen molar-refractivity contribution in [3.05, 3.63) is 0 Å². The summed E-state index contributed by atoms with van der Waals surface area (Å²) < 4.78 is 24.3. The van der Waals surface area contributed by atoms with Crippen molar-refractivity contribution >= 4 is 22.2 Å². The molecule has 0 aromatic rings. The second-order valence-electron chi connectivity index (χ2n) is 5.79. The number of rotatable bonds is 4. The fourth-order valence-electron chi connectivity index (χ4n) is 2.81. The van der Waals surface area contributed by atoms with Crippen molar-refractivity contribution in [2.75, 3.05) is 52.1 Å². The Morgan fingerprint density at radius 3 is 2.14 bits per heavy atom. The molecule has 0 saturated carbocycles. The second-order valence-corrected chi connectivity index (χ2v) is 7.77. The third-order valence-corrected chi connectivity index (χ3v) is 5.55. The van der Waals surface area contributed by atoms with Gasteiger partial charge in [-0.1, -0.05) is 0 Å². The minimum absolute atomic E-state index is 0.0488. The first kappa shape index (κ1) is 16.4. The molecule has 7 nitrogen and oxygen atoms in total. The Morgan fingerprint density at radius 2 is 1.67 bits per heavy atom. The van der Waals surface area contributed by atoms with Gasteiger partial charge in [0.2, 0.25) is 15.9 Å². The zero-order chi connectivity index (χ0) is 15.5. The molecule has 120 valence electrons. The number of carbonyl (C=O) groups is 2. The van der Waals surface area contributed by atoms with E-state index >= 15 is 0 Å². The maximum atomic E-state index is 12.2. The molecule has 2 fully saturated rings. The van der Waals surface area contributed by atoms with E-state index in [9.17, 15) is 18.0 Å². The van der Waals surface area contributed by atoms with Crippen LogP contribution < -0.4 is 0 Å². The molecule has 2 heterocycles. The number of piperazine rings is 1. The van der Waals surface area contributed by atoms with Gasteiger partial charge in [-0.15, -0.1) is 0 Å². The van der Waals surface area contributed by atoms with E-state index in [0.29, 0.717) is 32.7 Å². The minimum atomic E-state index is -3.16. The maximum absolute atomic E-state index is 12.2. The topological polar surface area (TPSA) is 78.0 Å². The van der Waals surface area contributed by atoms with Crippen molar-refractivity contribution in [1.82, 2.24) is 14.1 Å². The molecular formula is C13H23N3O4S. The lowest BCUT2D eigenvalue weighted by molar-refractivity contribution is -0.134. The van der Waals surface area contributed by atoms with Gasteiger partial charge in [-0.2, -0.15) is 4.31 Å². The molecule has 8 heteroatoms. The third kappa shape index (κ3) is 4.49. The zero-order valence-corrected chi connectivity index (χ0v) is 13.2. The normalized spacial score (nSPS) is 23.2. The molecule has 0 N–H and O–H groups in total. The third-order valence-electron chi connectivity index (χ3n) is 4.24. The summed E-state index contributed by atoms with van der Waals surface area (Å²) in [5.74, 6) is 0.183. The largest absolute Gasteiger partial charge is 0.339 e. The molecule has 2 aliphatic rings. The summed E-state index contributed by atoms with van der Waals surface area (Å²) in [6.07, 6.45) is 3.84. The van der Waals surface area contributed by atoms with E-state index in [0.717, 1.165) is 32.2 Å². The number of aldehydes is 1. The SMILES string of the molecule is CS(=O)(=O)N1CCN(C(=O)CN2CCC(C=O)CC2)CC1. The summed E-state index contributed by atoms with van der Waals surface area (Å²) in [4.78, 5) is 26.7. The number of amides is 1. The molecule has 0 spiro atoms. The van der Waals surface area contributed by atoms with E-state index in [1.54, 1.807) is 4.90 Å². The molecule has 0 bridgehead atoms. The lowest BCUT2D eigenvalue weighted by Gasteiger charge is -2.35. The highest BCUT2D eigenvalue weighted by Crippen LogP contribution is 2.15. The molecule has 0 aromatic carbocycles. The summed E-state index contributed by atoms with van der Waals surface area (Å²) in [6.45, 7) is 3.57. The van der Waals surface area contributed by atoms with Gasteiger partial charge in [-0.05, 0) is 25.9 Å². The molecule has 2 rings (SSSR count). The van der Waals surface area contributed by atoms with Gasteiger partial charge < -0.3 is 9.69 Å². The Labute approximate surface area is 125 Å². The first-order valence-electron chi connectivity index (χ1n) is 7.30. The average Bonchev–Trinajstić information content (AvgIpc) is 2.47. The molecule has 0 unspecified atom stereocenters. The van der Waals surface area contributed by atoms with Gasteiger partial charge in [0.1, 0.15) is 6.29 Å². The van der Waals surface area contributed by atoms with Crippen LogP contribution in [0.15, 0.2) is 0 Å². The predicted octanol–water partition coefficient (Wildman–Crippen LogP) is -0.999. The highest BCUT2D eigenvalue weighted by atomic mass is 32.2. The lowest BCUT2D eigenvalue weighted by atomic mass is 9.99. The molecule has 0 radical (unpaired) electrons. The van der Waals surface area contributed by atoms with Crippen molar-refractivity contribution in [3.63, 3.8) is 0 Å². The van der Waals surface area contributed by atoms with Crippen LogP contribution in [0.3, 0.4) is 0 Å². The fourth-order valence-corrected chi connectivity index (χ4v) is 3.63. The summed E-state index contributed by atoms with van der Waals surface area (Å²) in [7, 11) is -3.16. The Bertz CT molecular complexity index is 478. The van der Waals surface area contributed by atoms with Gasteiger partial charge in [0.15, 0.2) is 0 Å². The summed E-state index contributed by atoms with van der Waals surface area (Å²) in [5.41, 5.74) is 0. The van der Waals surface area contributed by atoms with Gasteiger partial charge in [-0.3, -0.25) is 9.69 Å². The van der Waals surface area contributed by atoms with Crippen LogP contribution in [0.1, 0.15) is 12.8 Å². The highest BCUT2D eigenvalue weighted by molar-refractivity contribution is 7.88. The number of likely N-dealkylation sites (tertiary alicyclic amines) is 1. The van der Waals surface area contributed by atoms with E-state index in [1.165, 1.54) is 10.6 Å². The van der Waals surface area contributed by atoms with Crippen LogP contribution in [-0.4, -0.2) is 86.8 Å². The van der Waals surface area contributed by atoms with E-state index < -0.39 is 10.0 Å². The summed E-state index contributed by atoms with van der Waals surface area (Å²) in [5, 5.41) is 0. The molecule has 2 aliphatic heterocycles. The monoisotopic (exact) mass is 317 g/mol. The second kappa shape index (κ2) is 6.85. The summed E-state index contributed by atoms with van der Waals surface area (Å²) in [6, 6.07) is 0. The number of hydrogen-bond donors (Lipinski definition) is 0. The van der Waals surface area contributed by atoms with Crippen LogP contribution in [0.2, 0.25) is 0 Å². The van der Waals surface area contributed by atoms with Crippen LogP contribution in [0.25, 0.3) is 0 Å². The number of carbonyl (C=O) groups excluding carboxylic acids is 2. The van der Waals surface area contributed by atoms with Crippen molar-refractivity contribution in [1.29, 1.82) is 0 Å². The van der Waals surface area contributed by atoms with Crippen LogP contribution in [0, 0.1) is 5.92 Å². The van der Waals surface area contributed by atoms with E-state index in [1.807, 2.05) is 0 Å². The standard InChI is InChI=1S/C13H23N3O4S/c1-21(19,20)16-8-6-15(7-9-16)13(18)10-14-4-2-12(11-17)3-5-14/h11-12H,2-10H2,1H3. The van der Waals surface area contributed by atoms with Crippen LogP contribution in [-0.2, 0) is 19.6 Å². The molecule has 1 amide bonds. The van der Waals surface area contributed by atoms with Gasteiger partial charge in [0.05, 0.1) is 12.8 Å². The van der Waals surface area contributed by atoms with E-state index in [-0.39, 0.29) is 11.8 Å². The predicted molar refractivity (Wildman–Crippen MR) is 78.2 cm³/mol. The molecule has 0 aliphatic carbocycles. The van der Waals surface area contributed by atoms with Crippen molar-refractivity contribution in [2.45, 2.75) is 12.8 Å². The van der Waals surface area contributed by atoms with Gasteiger partial charge in [-0.25, -0.2) is 8.42 Å². The Hall–Kier alpha value is -0.990. The highest BCUT2D eigenvalue weighted by Gasteiger charge is 2.27. The smallest absolute Gasteiger partial charge is 0.236 e. The number of sulfonamides is 1. The van der Waals surface area contributed by atoms with E-state index in [2.05, 4.69) is 4.90 Å². The number of hydrogen-bond acceptors (Lipinski definition) is 5. The fraction of sp³-hybridized carbons (Fsp3) is 0.846. The van der Waals surface area contributed by atoms with Crippen molar-refractivity contribution < 1.29 is 18.0 Å². The van der Waals surface area contributed by atoms with Crippen LogP contribution >= 0.6 is 0 Å². The van der Waals surface area contributed by atoms with Crippen LogP contribution in [0.4, 0.5) is 0 Å². The molecular weight excluding hydrogens is 294 g/mol. The maximum Gasteiger partial charge on any atom is 0.236 e. The number of piperidine rings is 1. The van der Waals surface area contributed by atoms with Crippen molar-refractivity contribution in [3.8, 4) is 0 Å². The van der Waals surface area contributed by atoms with E-state index in [4.69, 9.17) is 0 Å². The summed E-state index contributed by atoms with van der Waals surface area (Å²) >= 11 is 0. The molecule has 2 saturated heterocycles. The molecule has 21 heavy (non-hydrogen) atoms. The van der Waals surface area contributed by atoms with Gasteiger partial charge in [0.25, 0.3) is 0 Å². The average molecular weight is 317 g/mol. The Kier molecular flexibility index (Phi) is 5.34. The first-order valence-corrected chi connectivity index (χ1v) is 9.15. The number of nitrogens with zero attached hydrogens (tertiary/aromatic N) is 3. The van der Waals surface area contributed by atoms with Crippen LogP contribution in [0.5, 0.6) is 0 Å². The van der Waals surface area contributed by atoms with Gasteiger partial charge in [0, 0.05) is 32.1 Å². The minimum Gasteiger partial charge on any atom is -0.339 e.